The average Bonchev–Trinajstić information content (AvgIpc) is 2.92. The second-order valence-electron chi connectivity index (χ2n) is 5.33. The van der Waals surface area contributed by atoms with Crippen LogP contribution in [0, 0.1) is 17.8 Å². The number of imidazole rings is 1. The smallest absolute Gasteiger partial charge is 0.0921 e. The van der Waals surface area contributed by atoms with Crippen LogP contribution in [0.2, 0.25) is 0 Å². The van der Waals surface area contributed by atoms with Gasteiger partial charge in [0.25, 0.3) is 0 Å². The van der Waals surface area contributed by atoms with Gasteiger partial charge in [0.1, 0.15) is 0 Å². The van der Waals surface area contributed by atoms with Crippen LogP contribution in [0.25, 0.3) is 0 Å². The van der Waals surface area contributed by atoms with Crippen LogP contribution < -0.4 is 0 Å². The number of hydrogen-bond acceptors (Lipinski definition) is 1. The molecule has 2 heteroatoms. The summed E-state index contributed by atoms with van der Waals surface area (Å²) in [5.41, 5.74) is 1.19. The molecule has 1 aliphatic carbocycles. The number of nitrogens with one attached hydrogen (secondary N) is 1. The third-order valence-corrected chi connectivity index (χ3v) is 3.84. The molecule has 2 nitrogen and oxygen atoms in total. The summed E-state index contributed by atoms with van der Waals surface area (Å²) < 4.78 is 0. The standard InChI is InChI=1S/C16H24N2/c1(3-8-12-16-13-17-14-18-16)2-5-9-15-10-6-4-7-11-15/h13-15H,2,4-12H2,(H,17,18). The van der Waals surface area contributed by atoms with E-state index in [1.165, 1.54) is 50.6 Å². The van der Waals surface area contributed by atoms with Crippen LogP contribution in [0.15, 0.2) is 12.5 Å². The van der Waals surface area contributed by atoms with Crippen LogP contribution in [-0.4, -0.2) is 9.97 Å². The number of aromatic nitrogens is 2. The highest BCUT2D eigenvalue weighted by Gasteiger charge is 2.11. The molecule has 98 valence electrons. The summed E-state index contributed by atoms with van der Waals surface area (Å²) in [7, 11) is 0. The first-order valence-corrected chi connectivity index (χ1v) is 7.38. The highest BCUT2D eigenvalue weighted by Crippen LogP contribution is 2.27. The zero-order valence-electron chi connectivity index (χ0n) is 11.3. The Kier molecular flexibility index (Phi) is 5.85. The van der Waals surface area contributed by atoms with Crippen molar-refractivity contribution in [3.63, 3.8) is 0 Å². The van der Waals surface area contributed by atoms with E-state index < -0.39 is 0 Å². The second kappa shape index (κ2) is 7.97. The lowest BCUT2D eigenvalue weighted by molar-refractivity contribution is 0.334. The van der Waals surface area contributed by atoms with Gasteiger partial charge >= 0.3 is 0 Å². The Balaban J connectivity index is 1.50. The van der Waals surface area contributed by atoms with Crippen LogP contribution in [0.4, 0.5) is 0 Å². The molecule has 0 saturated heterocycles. The van der Waals surface area contributed by atoms with E-state index in [1.807, 2.05) is 6.20 Å². The van der Waals surface area contributed by atoms with Crippen molar-refractivity contribution in [3.8, 4) is 11.8 Å². The summed E-state index contributed by atoms with van der Waals surface area (Å²) in [5, 5.41) is 0. The van der Waals surface area contributed by atoms with Crippen molar-refractivity contribution in [2.75, 3.05) is 0 Å². The fraction of sp³-hybridized carbons (Fsp3) is 0.688. The molecule has 1 fully saturated rings. The van der Waals surface area contributed by atoms with Crippen molar-refractivity contribution in [2.24, 2.45) is 5.92 Å². The predicted molar refractivity (Wildman–Crippen MR) is 75.1 cm³/mol. The zero-order valence-corrected chi connectivity index (χ0v) is 11.3. The topological polar surface area (TPSA) is 28.7 Å². The minimum absolute atomic E-state index is 0.950. The van der Waals surface area contributed by atoms with Gasteiger partial charge in [-0.05, 0) is 25.2 Å². The zero-order chi connectivity index (χ0) is 12.5. The Morgan fingerprint density at radius 3 is 2.78 bits per heavy atom. The van der Waals surface area contributed by atoms with Gasteiger partial charge in [0.15, 0.2) is 0 Å². The molecule has 0 unspecified atom stereocenters. The van der Waals surface area contributed by atoms with Crippen molar-refractivity contribution in [2.45, 2.75) is 64.2 Å². The molecule has 1 saturated carbocycles. The molecule has 0 aromatic carbocycles. The average molecular weight is 244 g/mol. The maximum atomic E-state index is 4.00. The Morgan fingerprint density at radius 2 is 2.00 bits per heavy atom. The van der Waals surface area contributed by atoms with Crippen molar-refractivity contribution >= 4 is 0 Å². The number of unbranched alkanes of at least 4 members (excludes halogenated alkanes) is 1. The molecule has 0 aliphatic heterocycles. The number of rotatable bonds is 5. The third-order valence-electron chi connectivity index (χ3n) is 3.84. The molecule has 1 aromatic rings. The number of aryl methyl sites for hydroxylation is 1. The molecule has 1 aliphatic rings. The summed E-state index contributed by atoms with van der Waals surface area (Å²) in [4.78, 5) is 7.10. The second-order valence-corrected chi connectivity index (χ2v) is 5.33. The number of nitrogens with zero attached hydrogens (tertiary/aromatic N) is 1. The van der Waals surface area contributed by atoms with Gasteiger partial charge in [-0.1, -0.05) is 32.1 Å². The summed E-state index contributed by atoms with van der Waals surface area (Å²) in [6.45, 7) is 0. The molecule has 1 heterocycles. The Hall–Kier alpha value is -1.23. The lowest BCUT2D eigenvalue weighted by atomic mass is 9.86. The first-order valence-electron chi connectivity index (χ1n) is 7.38. The first kappa shape index (κ1) is 13.2. The van der Waals surface area contributed by atoms with Crippen LogP contribution in [0.5, 0.6) is 0 Å². The molecule has 0 atom stereocenters. The van der Waals surface area contributed by atoms with Gasteiger partial charge in [0.05, 0.1) is 6.33 Å². The van der Waals surface area contributed by atoms with Crippen LogP contribution in [0.3, 0.4) is 0 Å². The molecule has 1 N–H and O–H groups in total. The summed E-state index contributed by atoms with van der Waals surface area (Å²) >= 11 is 0. The maximum absolute atomic E-state index is 4.00. The van der Waals surface area contributed by atoms with Gasteiger partial charge in [-0.2, -0.15) is 0 Å². The van der Waals surface area contributed by atoms with Crippen LogP contribution in [0.1, 0.15) is 63.5 Å². The third kappa shape index (κ3) is 4.96. The summed E-state index contributed by atoms with van der Waals surface area (Å²) in [6, 6.07) is 0. The molecule has 0 bridgehead atoms. The van der Waals surface area contributed by atoms with E-state index in [-0.39, 0.29) is 0 Å². The Bertz CT molecular complexity index is 364. The van der Waals surface area contributed by atoms with Gasteiger partial charge in [-0.3, -0.25) is 0 Å². The molecule has 1 aromatic heterocycles. The molecule has 0 amide bonds. The van der Waals surface area contributed by atoms with Crippen LogP contribution >= 0.6 is 0 Å². The normalized spacial score (nSPS) is 16.2. The Labute approximate surface area is 111 Å². The number of aromatic amines is 1. The molecule has 2 rings (SSSR count). The Morgan fingerprint density at radius 1 is 1.17 bits per heavy atom. The van der Waals surface area contributed by atoms with Gasteiger partial charge in [0, 0.05) is 24.7 Å². The number of H-pyrrole nitrogens is 1. The maximum Gasteiger partial charge on any atom is 0.0921 e. The molecule has 0 spiro atoms. The van der Waals surface area contributed by atoms with Gasteiger partial charge < -0.3 is 4.98 Å². The van der Waals surface area contributed by atoms with Gasteiger partial charge in [-0.25, -0.2) is 4.98 Å². The van der Waals surface area contributed by atoms with Crippen LogP contribution in [-0.2, 0) is 6.42 Å². The lowest BCUT2D eigenvalue weighted by Crippen LogP contribution is -2.05. The SMILES string of the molecule is C(#CCCc1cnc[nH]1)CCCC1CCCCC1. The minimum atomic E-state index is 0.950. The number of hydrogen-bond donors (Lipinski definition) is 1. The van der Waals surface area contributed by atoms with E-state index >= 15 is 0 Å². The van der Waals surface area contributed by atoms with E-state index in [4.69, 9.17) is 0 Å². The largest absolute Gasteiger partial charge is 0.348 e. The van der Waals surface area contributed by atoms with Crippen molar-refractivity contribution in [3.05, 3.63) is 18.2 Å². The van der Waals surface area contributed by atoms with Crippen molar-refractivity contribution in [1.29, 1.82) is 0 Å². The molecular weight excluding hydrogens is 220 g/mol. The first-order chi connectivity index (χ1) is 8.95. The van der Waals surface area contributed by atoms with E-state index in [9.17, 15) is 0 Å². The predicted octanol–water partition coefficient (Wildman–Crippen LogP) is 4.10. The van der Waals surface area contributed by atoms with Gasteiger partial charge in [-0.15, -0.1) is 11.8 Å². The molecule has 0 radical (unpaired) electrons. The highest BCUT2D eigenvalue weighted by atomic mass is 14.9. The fourth-order valence-electron chi connectivity index (χ4n) is 2.75. The van der Waals surface area contributed by atoms with Crippen molar-refractivity contribution < 1.29 is 0 Å². The summed E-state index contributed by atoms with van der Waals surface area (Å²) in [6.07, 6.45) is 16.6. The molecule has 18 heavy (non-hydrogen) atoms. The van der Waals surface area contributed by atoms with Crippen molar-refractivity contribution in [1.82, 2.24) is 9.97 Å². The van der Waals surface area contributed by atoms with E-state index in [0.29, 0.717) is 0 Å². The van der Waals surface area contributed by atoms with E-state index in [0.717, 1.165) is 25.2 Å². The van der Waals surface area contributed by atoms with E-state index in [1.54, 1.807) is 6.33 Å². The summed E-state index contributed by atoms with van der Waals surface area (Å²) in [5.74, 6) is 7.57. The van der Waals surface area contributed by atoms with E-state index in [2.05, 4.69) is 21.8 Å². The highest BCUT2D eigenvalue weighted by molar-refractivity contribution is 5.03. The quantitative estimate of drug-likeness (QED) is 0.613. The fourth-order valence-corrected chi connectivity index (χ4v) is 2.75. The van der Waals surface area contributed by atoms with Gasteiger partial charge in [0.2, 0.25) is 0 Å². The monoisotopic (exact) mass is 244 g/mol. The molecular formula is C16H24N2. The lowest BCUT2D eigenvalue weighted by Gasteiger charge is -2.20. The minimum Gasteiger partial charge on any atom is -0.348 e.